The fourth-order valence-electron chi connectivity index (χ4n) is 2.33. The Balaban J connectivity index is 2.20. The number of nitrogens with two attached hydrogens (primary N) is 1. The van der Waals surface area contributed by atoms with Gasteiger partial charge in [-0.25, -0.2) is 0 Å². The van der Waals surface area contributed by atoms with Gasteiger partial charge in [0.25, 0.3) is 0 Å². The van der Waals surface area contributed by atoms with Crippen LogP contribution in [-0.2, 0) is 0 Å². The van der Waals surface area contributed by atoms with Crippen LogP contribution in [0.3, 0.4) is 0 Å². The third kappa shape index (κ3) is 7.24. The summed E-state index contributed by atoms with van der Waals surface area (Å²) >= 11 is 0. The standard InChI is InChI=1S/C14H29N3/c1-12(2)10-16-14(15)17-11-13-8-6-4-3-5-7-9-13/h12-13H,3-11H2,1-2H3,(H3,15,16,17). The highest BCUT2D eigenvalue weighted by Gasteiger charge is 2.11. The second-order valence-corrected chi connectivity index (χ2v) is 5.71. The molecular formula is C14H29N3. The van der Waals surface area contributed by atoms with Crippen molar-refractivity contribution in [2.45, 2.75) is 58.8 Å². The van der Waals surface area contributed by atoms with Gasteiger partial charge in [0.1, 0.15) is 0 Å². The minimum Gasteiger partial charge on any atom is -0.370 e. The van der Waals surface area contributed by atoms with Gasteiger partial charge in [-0.3, -0.25) is 4.99 Å². The number of hydrogen-bond acceptors (Lipinski definition) is 1. The lowest BCUT2D eigenvalue weighted by molar-refractivity contribution is 0.375. The summed E-state index contributed by atoms with van der Waals surface area (Å²) < 4.78 is 0. The van der Waals surface area contributed by atoms with E-state index in [4.69, 9.17) is 5.73 Å². The van der Waals surface area contributed by atoms with Crippen molar-refractivity contribution >= 4 is 5.96 Å². The molecule has 3 N–H and O–H groups in total. The number of nitrogens with one attached hydrogen (secondary N) is 1. The summed E-state index contributed by atoms with van der Waals surface area (Å²) in [6.07, 6.45) is 9.72. The maximum absolute atomic E-state index is 5.85. The molecule has 0 atom stereocenters. The zero-order valence-corrected chi connectivity index (χ0v) is 11.5. The molecule has 0 bridgehead atoms. The molecule has 0 aromatic heterocycles. The Kier molecular flexibility index (Phi) is 7.06. The molecule has 0 aromatic rings. The summed E-state index contributed by atoms with van der Waals surface area (Å²) in [6, 6.07) is 0. The van der Waals surface area contributed by atoms with Gasteiger partial charge in [-0.2, -0.15) is 0 Å². The molecule has 0 unspecified atom stereocenters. The average molecular weight is 239 g/mol. The Hall–Kier alpha value is -0.730. The highest BCUT2D eigenvalue weighted by atomic mass is 15.1. The molecule has 0 aliphatic heterocycles. The Morgan fingerprint density at radius 1 is 1.18 bits per heavy atom. The second-order valence-electron chi connectivity index (χ2n) is 5.71. The van der Waals surface area contributed by atoms with E-state index in [9.17, 15) is 0 Å². The molecule has 3 nitrogen and oxygen atoms in total. The maximum atomic E-state index is 5.85. The zero-order valence-electron chi connectivity index (χ0n) is 11.5. The predicted octanol–water partition coefficient (Wildman–Crippen LogP) is 2.91. The molecule has 0 amide bonds. The molecular weight excluding hydrogens is 210 g/mol. The van der Waals surface area contributed by atoms with Gasteiger partial charge in [0.2, 0.25) is 0 Å². The van der Waals surface area contributed by atoms with Gasteiger partial charge in [0, 0.05) is 13.1 Å². The Morgan fingerprint density at radius 2 is 1.76 bits per heavy atom. The van der Waals surface area contributed by atoms with Crippen LogP contribution in [0.25, 0.3) is 0 Å². The monoisotopic (exact) mass is 239 g/mol. The van der Waals surface area contributed by atoms with Crippen molar-refractivity contribution < 1.29 is 0 Å². The third-order valence-electron chi connectivity index (χ3n) is 3.42. The highest BCUT2D eigenvalue weighted by Crippen LogP contribution is 2.21. The van der Waals surface area contributed by atoms with Crippen molar-refractivity contribution in [1.82, 2.24) is 5.32 Å². The summed E-state index contributed by atoms with van der Waals surface area (Å²) in [4.78, 5) is 4.33. The molecule has 0 spiro atoms. The lowest BCUT2D eigenvalue weighted by Gasteiger charge is -2.20. The first-order valence-corrected chi connectivity index (χ1v) is 7.22. The van der Waals surface area contributed by atoms with E-state index in [1.807, 2.05) is 0 Å². The number of hydrogen-bond donors (Lipinski definition) is 2. The highest BCUT2D eigenvalue weighted by molar-refractivity contribution is 5.77. The molecule has 0 aromatic carbocycles. The lowest BCUT2D eigenvalue weighted by Crippen LogP contribution is -2.36. The fraction of sp³-hybridized carbons (Fsp3) is 0.929. The zero-order chi connectivity index (χ0) is 12.5. The minimum absolute atomic E-state index is 0.580. The minimum atomic E-state index is 0.580. The van der Waals surface area contributed by atoms with E-state index in [-0.39, 0.29) is 0 Å². The summed E-state index contributed by atoms with van der Waals surface area (Å²) in [5, 5.41) is 3.28. The number of aliphatic imine (C=N–C) groups is 1. The first-order chi connectivity index (χ1) is 8.18. The topological polar surface area (TPSA) is 50.4 Å². The second kappa shape index (κ2) is 8.37. The van der Waals surface area contributed by atoms with E-state index < -0.39 is 0 Å². The summed E-state index contributed by atoms with van der Waals surface area (Å²) in [6.45, 7) is 6.15. The number of nitrogens with zero attached hydrogens (tertiary/aromatic N) is 1. The lowest BCUT2D eigenvalue weighted by atomic mass is 9.91. The van der Waals surface area contributed by atoms with Crippen molar-refractivity contribution in [2.75, 3.05) is 13.1 Å². The van der Waals surface area contributed by atoms with E-state index in [1.54, 1.807) is 0 Å². The van der Waals surface area contributed by atoms with E-state index in [1.165, 1.54) is 44.9 Å². The van der Waals surface area contributed by atoms with Gasteiger partial charge in [-0.05, 0) is 24.7 Å². The van der Waals surface area contributed by atoms with Gasteiger partial charge in [-0.1, -0.05) is 46.0 Å². The van der Waals surface area contributed by atoms with E-state index in [0.717, 1.165) is 19.0 Å². The van der Waals surface area contributed by atoms with E-state index in [0.29, 0.717) is 11.9 Å². The summed E-state index contributed by atoms with van der Waals surface area (Å²) in [5.74, 6) is 2.00. The van der Waals surface area contributed by atoms with Crippen LogP contribution >= 0.6 is 0 Å². The Bertz CT molecular complexity index is 216. The van der Waals surface area contributed by atoms with Crippen LogP contribution < -0.4 is 11.1 Å². The smallest absolute Gasteiger partial charge is 0.188 e. The van der Waals surface area contributed by atoms with Gasteiger partial charge >= 0.3 is 0 Å². The van der Waals surface area contributed by atoms with Crippen molar-refractivity contribution in [3.8, 4) is 0 Å². The Labute approximate surface area is 106 Å². The first-order valence-electron chi connectivity index (χ1n) is 7.22. The van der Waals surface area contributed by atoms with Crippen LogP contribution in [0.15, 0.2) is 4.99 Å². The van der Waals surface area contributed by atoms with Gasteiger partial charge < -0.3 is 11.1 Å². The van der Waals surface area contributed by atoms with Gasteiger partial charge in [0.15, 0.2) is 5.96 Å². The molecule has 3 heteroatoms. The number of guanidine groups is 1. The molecule has 1 rings (SSSR count). The van der Waals surface area contributed by atoms with Crippen LogP contribution in [0.2, 0.25) is 0 Å². The van der Waals surface area contributed by atoms with E-state index >= 15 is 0 Å². The van der Waals surface area contributed by atoms with Crippen molar-refractivity contribution in [3.63, 3.8) is 0 Å². The van der Waals surface area contributed by atoms with E-state index in [2.05, 4.69) is 24.2 Å². The van der Waals surface area contributed by atoms with Gasteiger partial charge in [-0.15, -0.1) is 0 Å². The fourth-order valence-corrected chi connectivity index (χ4v) is 2.33. The molecule has 1 saturated carbocycles. The van der Waals surface area contributed by atoms with Crippen LogP contribution in [0.5, 0.6) is 0 Å². The summed E-state index contributed by atoms with van der Waals surface area (Å²) in [5.41, 5.74) is 5.85. The molecule has 0 heterocycles. The van der Waals surface area contributed by atoms with Crippen molar-refractivity contribution in [3.05, 3.63) is 0 Å². The SMILES string of the molecule is CC(C)CN=C(N)NCC1CCCCCCC1. The number of rotatable bonds is 4. The largest absolute Gasteiger partial charge is 0.370 e. The van der Waals surface area contributed by atoms with Crippen LogP contribution in [0, 0.1) is 11.8 Å². The third-order valence-corrected chi connectivity index (χ3v) is 3.42. The summed E-state index contributed by atoms with van der Waals surface area (Å²) in [7, 11) is 0. The molecule has 17 heavy (non-hydrogen) atoms. The van der Waals surface area contributed by atoms with Crippen LogP contribution in [0.1, 0.15) is 58.8 Å². The first kappa shape index (κ1) is 14.3. The molecule has 1 aliphatic carbocycles. The van der Waals surface area contributed by atoms with Crippen LogP contribution in [-0.4, -0.2) is 19.0 Å². The van der Waals surface area contributed by atoms with Crippen LogP contribution in [0.4, 0.5) is 0 Å². The predicted molar refractivity (Wildman–Crippen MR) is 75.1 cm³/mol. The molecule has 0 radical (unpaired) electrons. The van der Waals surface area contributed by atoms with Crippen molar-refractivity contribution in [1.29, 1.82) is 0 Å². The quantitative estimate of drug-likeness (QED) is 0.585. The average Bonchev–Trinajstić information content (AvgIpc) is 2.24. The maximum Gasteiger partial charge on any atom is 0.188 e. The molecule has 1 aliphatic rings. The molecule has 1 fully saturated rings. The van der Waals surface area contributed by atoms with Crippen molar-refractivity contribution in [2.24, 2.45) is 22.6 Å². The van der Waals surface area contributed by atoms with Gasteiger partial charge in [0.05, 0.1) is 0 Å². The molecule has 100 valence electrons. The Morgan fingerprint density at radius 3 is 2.35 bits per heavy atom. The molecule has 0 saturated heterocycles. The normalized spacial score (nSPS) is 20.1.